The molecule has 7 heteroatoms. The van der Waals surface area contributed by atoms with Crippen molar-refractivity contribution in [3.05, 3.63) is 35.9 Å². The second-order valence-corrected chi connectivity index (χ2v) is 12.4. The molecule has 1 aliphatic heterocycles. The Morgan fingerprint density at radius 2 is 1.86 bits per heavy atom. The number of hydrogen-bond donors (Lipinski definition) is 0. The van der Waals surface area contributed by atoms with Gasteiger partial charge in [-0.05, 0) is 38.0 Å². The number of rotatable bonds is 10. The van der Waals surface area contributed by atoms with Crippen LogP contribution in [-0.4, -0.2) is 50.6 Å². The minimum atomic E-state index is -1.87. The van der Waals surface area contributed by atoms with Crippen molar-refractivity contribution in [2.24, 2.45) is 0 Å². The van der Waals surface area contributed by atoms with Crippen LogP contribution in [0.4, 0.5) is 4.79 Å². The van der Waals surface area contributed by atoms with Gasteiger partial charge in [0.2, 0.25) is 0 Å². The number of ether oxygens (including phenoxy) is 2. The fraction of sp³-hybridized carbons (Fsp3) is 0.636. The van der Waals surface area contributed by atoms with E-state index in [1.54, 1.807) is 11.8 Å². The van der Waals surface area contributed by atoms with Crippen LogP contribution in [0.5, 0.6) is 0 Å². The fourth-order valence-electron chi connectivity index (χ4n) is 3.70. The van der Waals surface area contributed by atoms with Gasteiger partial charge >= 0.3 is 12.1 Å². The number of likely N-dealkylation sites (tertiary alicyclic amines) is 1. The Morgan fingerprint density at radius 1 is 1.14 bits per heavy atom. The third kappa shape index (κ3) is 7.47. The largest absolute Gasteiger partial charge is 0.466 e. The van der Waals surface area contributed by atoms with Crippen molar-refractivity contribution in [2.75, 3.05) is 13.2 Å². The molecule has 1 aromatic carbocycles. The van der Waals surface area contributed by atoms with Crippen LogP contribution >= 0.6 is 0 Å². The summed E-state index contributed by atoms with van der Waals surface area (Å²) in [6.07, 6.45) is 2.57. The van der Waals surface area contributed by atoms with Crippen molar-refractivity contribution < 1.29 is 23.5 Å². The molecule has 162 valence electrons. The lowest BCUT2D eigenvalue weighted by Gasteiger charge is -2.32. The number of unbranched alkanes of at least 4 members (excludes halogenated alkanes) is 1. The lowest BCUT2D eigenvalue weighted by atomic mass is 10.1. The van der Waals surface area contributed by atoms with Gasteiger partial charge in [0.05, 0.1) is 25.2 Å². The first-order chi connectivity index (χ1) is 13.9. The van der Waals surface area contributed by atoms with Crippen molar-refractivity contribution in [3.63, 3.8) is 0 Å². The van der Waals surface area contributed by atoms with Crippen LogP contribution in [0.15, 0.2) is 30.3 Å². The summed E-state index contributed by atoms with van der Waals surface area (Å²) in [6.45, 7) is 9.44. The molecule has 1 saturated heterocycles. The first-order valence-corrected chi connectivity index (χ1v) is 13.8. The van der Waals surface area contributed by atoms with Gasteiger partial charge in [-0.1, -0.05) is 50.1 Å². The zero-order chi connectivity index (χ0) is 21.3. The quantitative estimate of drug-likeness (QED) is 0.403. The lowest BCUT2D eigenvalue weighted by molar-refractivity contribution is -0.144. The monoisotopic (exact) mass is 421 g/mol. The molecule has 1 amide bonds. The average molecular weight is 422 g/mol. The van der Waals surface area contributed by atoms with E-state index in [0.29, 0.717) is 19.6 Å². The van der Waals surface area contributed by atoms with Crippen molar-refractivity contribution in [1.82, 2.24) is 4.90 Å². The molecule has 0 aliphatic carbocycles. The molecule has 0 N–H and O–H groups in total. The number of carbonyl (C=O) groups is 2. The SMILES string of the molecule is CCCC[Si](C)(C)O[C@@H]1CCN(C(=O)OCc2ccccc2)[C@H]1CC(=O)OCC. The first-order valence-electron chi connectivity index (χ1n) is 10.7. The molecule has 1 heterocycles. The Bertz CT molecular complexity index is 652. The van der Waals surface area contributed by atoms with E-state index in [1.807, 2.05) is 30.3 Å². The van der Waals surface area contributed by atoms with Crippen LogP contribution in [-0.2, 0) is 25.3 Å². The first kappa shape index (κ1) is 23.4. The highest BCUT2D eigenvalue weighted by Crippen LogP contribution is 2.29. The molecule has 2 atom stereocenters. The molecule has 2 rings (SSSR count). The molecule has 0 aromatic heterocycles. The van der Waals surface area contributed by atoms with Crippen LogP contribution < -0.4 is 0 Å². The van der Waals surface area contributed by atoms with Crippen LogP contribution in [0, 0.1) is 0 Å². The lowest BCUT2D eigenvalue weighted by Crippen LogP contribution is -2.46. The van der Waals surface area contributed by atoms with E-state index >= 15 is 0 Å². The Kier molecular flexibility index (Phi) is 9.17. The number of nitrogens with zero attached hydrogens (tertiary/aromatic N) is 1. The van der Waals surface area contributed by atoms with Gasteiger partial charge in [0.1, 0.15) is 6.61 Å². The van der Waals surface area contributed by atoms with Crippen LogP contribution in [0.1, 0.15) is 45.1 Å². The fourth-order valence-corrected chi connectivity index (χ4v) is 6.11. The maximum absolute atomic E-state index is 12.8. The van der Waals surface area contributed by atoms with Crippen LogP contribution in [0.25, 0.3) is 0 Å². The van der Waals surface area contributed by atoms with E-state index in [0.717, 1.165) is 24.4 Å². The molecule has 0 radical (unpaired) electrons. The zero-order valence-corrected chi connectivity index (χ0v) is 19.2. The van der Waals surface area contributed by atoms with Crippen molar-refractivity contribution >= 4 is 20.4 Å². The van der Waals surface area contributed by atoms with Crippen LogP contribution in [0.3, 0.4) is 0 Å². The number of hydrogen-bond acceptors (Lipinski definition) is 5. The number of amides is 1. The molecule has 1 aliphatic rings. The van der Waals surface area contributed by atoms with E-state index in [4.69, 9.17) is 13.9 Å². The minimum absolute atomic E-state index is 0.136. The molecule has 0 unspecified atom stereocenters. The third-order valence-electron chi connectivity index (χ3n) is 5.21. The topological polar surface area (TPSA) is 65.1 Å². The number of esters is 1. The second-order valence-electron chi connectivity index (χ2n) is 8.12. The summed E-state index contributed by atoms with van der Waals surface area (Å²) >= 11 is 0. The summed E-state index contributed by atoms with van der Waals surface area (Å²) in [6, 6.07) is 10.3. The van der Waals surface area contributed by atoms with Gasteiger partial charge in [0.15, 0.2) is 8.32 Å². The summed E-state index contributed by atoms with van der Waals surface area (Å²) in [5.74, 6) is -0.304. The van der Waals surface area contributed by atoms with E-state index in [2.05, 4.69) is 20.0 Å². The molecule has 0 bridgehead atoms. The van der Waals surface area contributed by atoms with Gasteiger partial charge in [-0.2, -0.15) is 0 Å². The summed E-state index contributed by atoms with van der Waals surface area (Å²) < 4.78 is 17.2. The average Bonchev–Trinajstić information content (AvgIpc) is 3.07. The molecule has 0 saturated carbocycles. The predicted molar refractivity (Wildman–Crippen MR) is 115 cm³/mol. The Hall–Kier alpha value is -1.86. The molecule has 0 spiro atoms. The predicted octanol–water partition coefficient (Wildman–Crippen LogP) is 4.74. The van der Waals surface area contributed by atoms with Gasteiger partial charge in [0, 0.05) is 6.54 Å². The standard InChI is InChI=1S/C22H35NO5Si/c1-5-7-15-29(3,4)28-20-13-14-23(19(20)16-21(24)26-6-2)22(25)27-17-18-11-9-8-10-12-18/h8-12,19-20H,5-7,13-17H2,1-4H3/t19-,20+/m0/s1. The van der Waals surface area contributed by atoms with E-state index in [-0.39, 0.29) is 31.1 Å². The maximum atomic E-state index is 12.8. The number of benzene rings is 1. The highest BCUT2D eigenvalue weighted by Gasteiger charge is 2.42. The molecule has 6 nitrogen and oxygen atoms in total. The second kappa shape index (κ2) is 11.4. The van der Waals surface area contributed by atoms with Gasteiger partial charge in [-0.15, -0.1) is 0 Å². The van der Waals surface area contributed by atoms with E-state index in [9.17, 15) is 9.59 Å². The smallest absolute Gasteiger partial charge is 0.410 e. The highest BCUT2D eigenvalue weighted by atomic mass is 28.4. The third-order valence-corrected chi connectivity index (χ3v) is 7.71. The Morgan fingerprint density at radius 3 is 2.52 bits per heavy atom. The van der Waals surface area contributed by atoms with E-state index in [1.165, 1.54) is 0 Å². The number of carbonyl (C=O) groups excluding carboxylic acids is 2. The van der Waals surface area contributed by atoms with Crippen molar-refractivity contribution in [3.8, 4) is 0 Å². The van der Waals surface area contributed by atoms with Gasteiger partial charge < -0.3 is 18.8 Å². The molecular formula is C22H35NO5Si. The highest BCUT2D eigenvalue weighted by molar-refractivity contribution is 6.71. The minimum Gasteiger partial charge on any atom is -0.466 e. The van der Waals surface area contributed by atoms with Crippen molar-refractivity contribution in [2.45, 2.75) is 77.4 Å². The van der Waals surface area contributed by atoms with Crippen LogP contribution in [0.2, 0.25) is 19.1 Å². The van der Waals surface area contributed by atoms with Gasteiger partial charge in [0.25, 0.3) is 0 Å². The van der Waals surface area contributed by atoms with E-state index < -0.39 is 14.4 Å². The van der Waals surface area contributed by atoms with Gasteiger partial charge in [-0.3, -0.25) is 4.79 Å². The summed E-state index contributed by atoms with van der Waals surface area (Å²) in [4.78, 5) is 26.6. The normalized spacial score (nSPS) is 19.2. The molecule has 1 fully saturated rings. The van der Waals surface area contributed by atoms with Gasteiger partial charge in [-0.25, -0.2) is 4.79 Å². The Balaban J connectivity index is 2.04. The Labute approximate surface area is 175 Å². The molecule has 29 heavy (non-hydrogen) atoms. The zero-order valence-electron chi connectivity index (χ0n) is 18.2. The maximum Gasteiger partial charge on any atom is 0.410 e. The molecular weight excluding hydrogens is 386 g/mol. The summed E-state index contributed by atoms with van der Waals surface area (Å²) in [5, 5.41) is 0. The summed E-state index contributed by atoms with van der Waals surface area (Å²) in [7, 11) is -1.87. The summed E-state index contributed by atoms with van der Waals surface area (Å²) in [5.41, 5.74) is 0.933. The molecule has 1 aromatic rings. The van der Waals surface area contributed by atoms with Crippen molar-refractivity contribution in [1.29, 1.82) is 0 Å².